The second-order valence-corrected chi connectivity index (χ2v) is 6.38. The van der Waals surface area contributed by atoms with E-state index in [1.54, 1.807) is 12.1 Å². The Morgan fingerprint density at radius 1 is 1.29 bits per heavy atom. The monoisotopic (exact) mass is 434 g/mol. The summed E-state index contributed by atoms with van der Waals surface area (Å²) in [5.74, 6) is -0.640. The number of nitrogens with zero attached hydrogens (tertiary/aromatic N) is 1. The van der Waals surface area contributed by atoms with E-state index in [0.717, 1.165) is 0 Å². The maximum Gasteiger partial charge on any atom is 0.251 e. The number of carbonyl (C=O) groups excluding carboxylic acids is 1. The molecule has 110 valence electrons. The molecule has 1 aromatic heterocycles. The first-order valence-corrected chi connectivity index (χ1v) is 7.67. The first kappa shape index (κ1) is 16.1. The lowest BCUT2D eigenvalue weighted by atomic mass is 10.3. The average Bonchev–Trinajstić information content (AvgIpc) is 2.38. The van der Waals surface area contributed by atoms with Crippen molar-refractivity contribution in [1.82, 2.24) is 4.57 Å². The van der Waals surface area contributed by atoms with Gasteiger partial charge < -0.3 is 15.0 Å². The summed E-state index contributed by atoms with van der Waals surface area (Å²) in [5, 5.41) is 12.5. The number of anilines is 1. The van der Waals surface area contributed by atoms with E-state index < -0.39 is 5.91 Å². The highest BCUT2D eigenvalue weighted by atomic mass is 79.9. The maximum absolute atomic E-state index is 12.0. The Morgan fingerprint density at radius 2 is 2.00 bits per heavy atom. The zero-order valence-electron chi connectivity index (χ0n) is 10.4. The van der Waals surface area contributed by atoms with Gasteiger partial charge in [-0.05, 0) is 34.1 Å². The van der Waals surface area contributed by atoms with E-state index >= 15 is 0 Å². The number of aromatic hydroxyl groups is 1. The van der Waals surface area contributed by atoms with Gasteiger partial charge in [-0.25, -0.2) is 0 Å². The minimum atomic E-state index is -0.477. The van der Waals surface area contributed by atoms with Crippen LogP contribution in [-0.4, -0.2) is 15.6 Å². The molecular weight excluding hydrogens is 427 g/mol. The normalized spacial score (nSPS) is 10.4. The molecule has 21 heavy (non-hydrogen) atoms. The first-order valence-electron chi connectivity index (χ1n) is 5.70. The Kier molecular flexibility index (Phi) is 5.08. The van der Waals surface area contributed by atoms with Gasteiger partial charge in [0.15, 0.2) is 0 Å². The Hall–Kier alpha value is -1.31. The van der Waals surface area contributed by atoms with Gasteiger partial charge in [0.25, 0.3) is 5.56 Å². The molecule has 0 fully saturated rings. The second kappa shape index (κ2) is 6.64. The molecule has 0 aliphatic rings. The molecule has 1 aromatic carbocycles. The smallest absolute Gasteiger partial charge is 0.251 e. The lowest BCUT2D eigenvalue weighted by Crippen LogP contribution is -2.26. The number of carbonyl (C=O) groups is 1. The molecule has 0 saturated carbocycles. The van der Waals surface area contributed by atoms with Crippen molar-refractivity contribution < 1.29 is 9.90 Å². The van der Waals surface area contributed by atoms with Crippen LogP contribution < -0.4 is 10.9 Å². The fraction of sp³-hybridized carbons (Fsp3) is 0.0769. The molecule has 0 spiro atoms. The molecule has 1 amide bonds. The van der Waals surface area contributed by atoms with Crippen LogP contribution in [0.25, 0.3) is 0 Å². The summed E-state index contributed by atoms with van der Waals surface area (Å²) in [7, 11) is 0. The highest BCUT2D eigenvalue weighted by Crippen LogP contribution is 2.34. The summed E-state index contributed by atoms with van der Waals surface area (Å²) in [5.41, 5.74) is -0.201. The van der Waals surface area contributed by atoms with Gasteiger partial charge in [0.1, 0.15) is 18.0 Å². The number of halogens is 3. The van der Waals surface area contributed by atoms with Crippen molar-refractivity contribution in [1.29, 1.82) is 0 Å². The van der Waals surface area contributed by atoms with Crippen LogP contribution in [0.2, 0.25) is 5.02 Å². The Bertz CT molecular complexity index is 738. The van der Waals surface area contributed by atoms with Crippen molar-refractivity contribution in [3.63, 3.8) is 0 Å². The zero-order chi connectivity index (χ0) is 15.6. The van der Waals surface area contributed by atoms with E-state index in [9.17, 15) is 14.7 Å². The standard InChI is InChI=1S/C13H9Br2ClN2O3/c14-7-1-2-12(21)18(5-7)6-11(20)17-13-9(16)3-8(15)4-10(13)19/h1-5,19H,6H2,(H,17,20). The van der Waals surface area contributed by atoms with Crippen molar-refractivity contribution >= 4 is 55.1 Å². The molecular formula is C13H9Br2ClN2O3. The molecule has 0 aliphatic heterocycles. The van der Waals surface area contributed by atoms with E-state index in [1.807, 2.05) is 0 Å². The number of phenols is 1. The van der Waals surface area contributed by atoms with Gasteiger partial charge in [-0.15, -0.1) is 0 Å². The summed E-state index contributed by atoms with van der Waals surface area (Å²) < 4.78 is 2.51. The van der Waals surface area contributed by atoms with E-state index in [0.29, 0.717) is 8.95 Å². The molecule has 0 aliphatic carbocycles. The van der Waals surface area contributed by atoms with Crippen molar-refractivity contribution in [2.45, 2.75) is 6.54 Å². The van der Waals surface area contributed by atoms with Crippen LogP contribution >= 0.6 is 43.5 Å². The minimum absolute atomic E-state index is 0.105. The lowest BCUT2D eigenvalue weighted by Gasteiger charge is -2.11. The molecule has 5 nitrogen and oxygen atoms in total. The van der Waals surface area contributed by atoms with Gasteiger partial charge in [-0.1, -0.05) is 27.5 Å². The highest BCUT2D eigenvalue weighted by molar-refractivity contribution is 9.10. The third kappa shape index (κ3) is 4.09. The number of nitrogens with one attached hydrogen (secondary N) is 1. The van der Waals surface area contributed by atoms with Gasteiger partial charge in [-0.3, -0.25) is 9.59 Å². The van der Waals surface area contributed by atoms with Crippen molar-refractivity contribution in [2.75, 3.05) is 5.32 Å². The van der Waals surface area contributed by atoms with Crippen molar-refractivity contribution in [3.05, 3.63) is 54.8 Å². The topological polar surface area (TPSA) is 71.3 Å². The molecule has 2 aromatic rings. The van der Waals surface area contributed by atoms with Crippen LogP contribution in [0.15, 0.2) is 44.2 Å². The molecule has 0 radical (unpaired) electrons. The summed E-state index contributed by atoms with van der Waals surface area (Å²) in [6, 6.07) is 5.89. The number of benzene rings is 1. The quantitative estimate of drug-likeness (QED) is 0.725. The molecule has 2 N–H and O–H groups in total. The summed E-state index contributed by atoms with van der Waals surface area (Å²) in [6.45, 7) is -0.190. The number of aromatic nitrogens is 1. The number of pyridine rings is 1. The van der Waals surface area contributed by atoms with Crippen LogP contribution in [0.1, 0.15) is 0 Å². The van der Waals surface area contributed by atoms with Crippen LogP contribution in [0.5, 0.6) is 5.75 Å². The number of rotatable bonds is 3. The van der Waals surface area contributed by atoms with E-state index in [4.69, 9.17) is 11.6 Å². The SMILES string of the molecule is O=C(Cn1cc(Br)ccc1=O)Nc1c(O)cc(Br)cc1Cl. The van der Waals surface area contributed by atoms with Crippen LogP contribution in [0.4, 0.5) is 5.69 Å². The zero-order valence-corrected chi connectivity index (χ0v) is 14.4. The third-order valence-corrected chi connectivity index (χ3v) is 3.78. The molecule has 2 rings (SSSR count). The van der Waals surface area contributed by atoms with E-state index in [-0.39, 0.29) is 28.6 Å². The summed E-state index contributed by atoms with van der Waals surface area (Å²) in [6.07, 6.45) is 1.50. The van der Waals surface area contributed by atoms with Gasteiger partial charge in [-0.2, -0.15) is 0 Å². The number of hydrogen-bond acceptors (Lipinski definition) is 3. The molecule has 8 heteroatoms. The largest absolute Gasteiger partial charge is 0.506 e. The van der Waals surface area contributed by atoms with Gasteiger partial charge in [0.2, 0.25) is 5.91 Å². The lowest BCUT2D eigenvalue weighted by molar-refractivity contribution is -0.116. The Balaban J connectivity index is 2.19. The Labute approximate surface area is 141 Å². The minimum Gasteiger partial charge on any atom is -0.506 e. The fourth-order valence-corrected chi connectivity index (χ4v) is 2.86. The number of amides is 1. The molecule has 0 atom stereocenters. The molecule has 0 unspecified atom stereocenters. The van der Waals surface area contributed by atoms with E-state index in [1.165, 1.54) is 22.9 Å². The van der Waals surface area contributed by atoms with Crippen LogP contribution in [-0.2, 0) is 11.3 Å². The van der Waals surface area contributed by atoms with Crippen molar-refractivity contribution in [3.8, 4) is 5.75 Å². The van der Waals surface area contributed by atoms with Crippen LogP contribution in [0, 0.1) is 0 Å². The highest BCUT2D eigenvalue weighted by Gasteiger charge is 2.12. The molecule has 1 heterocycles. The predicted octanol–water partition coefficient (Wildman–Crippen LogP) is 3.37. The fourth-order valence-electron chi connectivity index (χ4n) is 1.64. The van der Waals surface area contributed by atoms with Gasteiger partial charge in [0.05, 0.1) is 5.02 Å². The van der Waals surface area contributed by atoms with Gasteiger partial charge >= 0.3 is 0 Å². The second-order valence-electron chi connectivity index (χ2n) is 4.14. The van der Waals surface area contributed by atoms with Crippen LogP contribution in [0.3, 0.4) is 0 Å². The first-order chi connectivity index (χ1) is 9.86. The van der Waals surface area contributed by atoms with E-state index in [2.05, 4.69) is 37.2 Å². The molecule has 0 saturated heterocycles. The summed E-state index contributed by atoms with van der Waals surface area (Å²) in [4.78, 5) is 23.6. The summed E-state index contributed by atoms with van der Waals surface area (Å²) >= 11 is 12.4. The van der Waals surface area contributed by atoms with Crippen molar-refractivity contribution in [2.24, 2.45) is 0 Å². The third-order valence-electron chi connectivity index (χ3n) is 2.56. The average molecular weight is 436 g/mol. The Morgan fingerprint density at radius 3 is 2.67 bits per heavy atom. The van der Waals surface area contributed by atoms with Gasteiger partial charge in [0, 0.05) is 21.2 Å². The number of hydrogen-bond donors (Lipinski definition) is 2. The maximum atomic E-state index is 12.0. The predicted molar refractivity (Wildman–Crippen MR) is 87.8 cm³/mol. The molecule has 0 bridgehead atoms. The number of phenolic OH excluding ortho intramolecular Hbond substituents is 1.